The Bertz CT molecular complexity index is 165. The van der Waals surface area contributed by atoms with Crippen LogP contribution in [0.15, 0.2) is 0 Å². The molecule has 3 nitrogen and oxygen atoms in total. The lowest BCUT2D eigenvalue weighted by atomic mass is 10.3. The third-order valence-electron chi connectivity index (χ3n) is 1.68. The van der Waals surface area contributed by atoms with Crippen molar-refractivity contribution in [2.24, 2.45) is 0 Å². The minimum atomic E-state index is -0.671. The van der Waals surface area contributed by atoms with Crippen molar-refractivity contribution >= 4 is 29.4 Å². The van der Waals surface area contributed by atoms with Gasteiger partial charge >= 0.3 is 0 Å². The van der Waals surface area contributed by atoms with E-state index in [0.717, 1.165) is 0 Å². The van der Waals surface area contributed by atoms with Gasteiger partial charge in [-0.25, -0.2) is 0 Å². The monoisotopic (exact) mass is 193 g/mol. The van der Waals surface area contributed by atoms with Crippen LogP contribution in [0.1, 0.15) is 0 Å². The largest absolute Gasteiger partial charge is 0.372 e. The molecule has 64 valence electrons. The molecule has 0 saturated carbocycles. The van der Waals surface area contributed by atoms with Crippen LogP contribution in [-0.4, -0.2) is 40.3 Å². The number of hydrogen-bond donors (Lipinski definition) is 2. The van der Waals surface area contributed by atoms with Gasteiger partial charge in [-0.1, -0.05) is 0 Å². The molecule has 0 radical (unpaired) electrons. The normalized spacial score (nSPS) is 37.4. The van der Waals surface area contributed by atoms with Gasteiger partial charge in [-0.15, -0.1) is 0 Å². The fourth-order valence-corrected chi connectivity index (χ4v) is 3.18. The molecular weight excluding hydrogens is 182 g/mol. The average molecular weight is 193 g/mol. The zero-order valence-electron chi connectivity index (χ0n) is 6.40. The van der Waals surface area contributed by atoms with E-state index in [1.54, 1.807) is 0 Å². The third-order valence-corrected chi connectivity index (χ3v) is 3.95. The molecular formula is C6H11NO2S2. The van der Waals surface area contributed by atoms with Crippen molar-refractivity contribution < 1.29 is 9.90 Å². The van der Waals surface area contributed by atoms with E-state index >= 15 is 0 Å². The van der Waals surface area contributed by atoms with Gasteiger partial charge in [0.15, 0.2) is 0 Å². The maximum absolute atomic E-state index is 11.1. The van der Waals surface area contributed by atoms with Gasteiger partial charge in [0.05, 0.1) is 10.5 Å². The highest BCUT2D eigenvalue weighted by molar-refractivity contribution is 8.03. The predicted octanol–water partition coefficient (Wildman–Crippen LogP) is -0.102. The van der Waals surface area contributed by atoms with E-state index in [-0.39, 0.29) is 16.4 Å². The first-order chi connectivity index (χ1) is 5.20. The summed E-state index contributed by atoms with van der Waals surface area (Å²) < 4.78 is 0. The number of amides is 1. The van der Waals surface area contributed by atoms with Crippen LogP contribution in [0.3, 0.4) is 0 Å². The molecule has 5 heteroatoms. The van der Waals surface area contributed by atoms with Gasteiger partial charge in [0.25, 0.3) is 0 Å². The molecule has 0 aromatic heterocycles. The number of rotatable bonds is 2. The van der Waals surface area contributed by atoms with Crippen LogP contribution >= 0.6 is 23.5 Å². The van der Waals surface area contributed by atoms with E-state index < -0.39 is 6.23 Å². The minimum absolute atomic E-state index is 0.00231. The molecule has 0 aromatic rings. The van der Waals surface area contributed by atoms with E-state index in [1.165, 1.54) is 23.5 Å². The van der Waals surface area contributed by atoms with Crippen molar-refractivity contribution in [2.75, 3.05) is 12.5 Å². The zero-order valence-corrected chi connectivity index (χ0v) is 8.04. The first-order valence-corrected chi connectivity index (χ1v) is 5.82. The zero-order chi connectivity index (χ0) is 8.43. The number of aliphatic hydroxyl groups excluding tert-OH is 1. The summed E-state index contributed by atoms with van der Waals surface area (Å²) in [7, 11) is 0. The molecule has 1 aliphatic rings. The molecule has 1 amide bonds. The first-order valence-electron chi connectivity index (χ1n) is 3.24. The third kappa shape index (κ3) is 1.65. The second-order valence-corrected chi connectivity index (χ2v) is 4.31. The quantitative estimate of drug-likeness (QED) is 0.643. The summed E-state index contributed by atoms with van der Waals surface area (Å²) in [6.45, 7) is 0. The van der Waals surface area contributed by atoms with Gasteiger partial charge in [-0.05, 0) is 12.5 Å². The molecule has 11 heavy (non-hydrogen) atoms. The summed E-state index contributed by atoms with van der Waals surface area (Å²) in [5.41, 5.74) is 0. The van der Waals surface area contributed by atoms with Gasteiger partial charge in [-0.3, -0.25) is 4.79 Å². The van der Waals surface area contributed by atoms with Crippen molar-refractivity contribution in [1.82, 2.24) is 5.32 Å². The van der Waals surface area contributed by atoms with Crippen LogP contribution in [0.2, 0.25) is 0 Å². The van der Waals surface area contributed by atoms with Crippen molar-refractivity contribution in [1.29, 1.82) is 0 Å². The Morgan fingerprint density at radius 3 is 2.45 bits per heavy atom. The fraction of sp³-hybridized carbons (Fsp3) is 0.833. The second-order valence-electron chi connectivity index (χ2n) is 2.31. The second kappa shape index (κ2) is 3.69. The molecule has 1 fully saturated rings. The van der Waals surface area contributed by atoms with Gasteiger partial charge in [0.1, 0.15) is 6.23 Å². The lowest BCUT2D eigenvalue weighted by Crippen LogP contribution is -2.29. The minimum Gasteiger partial charge on any atom is -0.372 e. The Morgan fingerprint density at radius 1 is 1.45 bits per heavy atom. The number of aliphatic hydroxyl groups is 1. The summed E-state index contributed by atoms with van der Waals surface area (Å²) in [5, 5.41) is 11.7. The Hall–Kier alpha value is 0.130. The van der Waals surface area contributed by atoms with Crippen LogP contribution in [0.4, 0.5) is 0 Å². The van der Waals surface area contributed by atoms with Crippen LogP contribution in [-0.2, 0) is 4.79 Å². The summed E-state index contributed by atoms with van der Waals surface area (Å²) in [6, 6.07) is 0. The van der Waals surface area contributed by atoms with E-state index in [1.807, 2.05) is 12.5 Å². The fourth-order valence-electron chi connectivity index (χ4n) is 1.12. The molecule has 0 aliphatic carbocycles. The molecule has 3 unspecified atom stereocenters. The Balaban J connectivity index is 2.66. The topological polar surface area (TPSA) is 49.3 Å². The highest BCUT2D eigenvalue weighted by atomic mass is 32.2. The van der Waals surface area contributed by atoms with Crippen LogP contribution in [0.5, 0.6) is 0 Å². The smallest absolute Gasteiger partial charge is 0.236 e. The highest BCUT2D eigenvalue weighted by Crippen LogP contribution is 2.28. The van der Waals surface area contributed by atoms with Crippen molar-refractivity contribution in [3.05, 3.63) is 0 Å². The molecule has 1 rings (SSSR count). The lowest BCUT2D eigenvalue weighted by Gasteiger charge is -2.13. The Labute approximate surface area is 74.3 Å². The van der Waals surface area contributed by atoms with Gasteiger partial charge in [-0.2, -0.15) is 23.5 Å². The van der Waals surface area contributed by atoms with Crippen LogP contribution in [0.25, 0.3) is 0 Å². The SMILES string of the molecule is CSC1C(=O)NC(O)C1SC. The molecule has 1 aliphatic heterocycles. The maximum atomic E-state index is 11.1. The Kier molecular flexibility index (Phi) is 3.09. The van der Waals surface area contributed by atoms with E-state index in [0.29, 0.717) is 0 Å². The number of nitrogens with one attached hydrogen (secondary N) is 1. The molecule has 1 heterocycles. The maximum Gasteiger partial charge on any atom is 0.236 e. The molecule has 0 spiro atoms. The van der Waals surface area contributed by atoms with E-state index in [2.05, 4.69) is 5.32 Å². The Morgan fingerprint density at radius 2 is 2.09 bits per heavy atom. The number of hydrogen-bond acceptors (Lipinski definition) is 4. The number of thioether (sulfide) groups is 2. The van der Waals surface area contributed by atoms with Crippen LogP contribution in [0, 0.1) is 0 Å². The molecule has 0 bridgehead atoms. The lowest BCUT2D eigenvalue weighted by molar-refractivity contribution is -0.119. The molecule has 1 saturated heterocycles. The summed E-state index contributed by atoms with van der Waals surface area (Å²) >= 11 is 3.01. The molecule has 0 aromatic carbocycles. The van der Waals surface area contributed by atoms with Crippen molar-refractivity contribution in [2.45, 2.75) is 16.7 Å². The summed E-state index contributed by atoms with van der Waals surface area (Å²) in [5.74, 6) is -0.0515. The first kappa shape index (κ1) is 9.22. The predicted molar refractivity (Wildman–Crippen MR) is 48.8 cm³/mol. The van der Waals surface area contributed by atoms with Crippen LogP contribution < -0.4 is 5.32 Å². The summed E-state index contributed by atoms with van der Waals surface area (Å²) in [6.07, 6.45) is 3.11. The van der Waals surface area contributed by atoms with E-state index in [4.69, 9.17) is 0 Å². The van der Waals surface area contributed by atoms with Crippen molar-refractivity contribution in [3.63, 3.8) is 0 Å². The standard InChI is InChI=1S/C6H11NO2S2/c1-10-3-4(11-2)6(9)7-5(3)8/h3-5,8H,1-2H3,(H,7,9). The molecule has 3 atom stereocenters. The van der Waals surface area contributed by atoms with Gasteiger partial charge in [0, 0.05) is 0 Å². The molecule has 2 N–H and O–H groups in total. The van der Waals surface area contributed by atoms with Crippen molar-refractivity contribution in [3.8, 4) is 0 Å². The highest BCUT2D eigenvalue weighted by Gasteiger charge is 2.40. The number of carbonyl (C=O) groups excluding carboxylic acids is 1. The van der Waals surface area contributed by atoms with E-state index in [9.17, 15) is 9.90 Å². The van der Waals surface area contributed by atoms with Gasteiger partial charge < -0.3 is 10.4 Å². The number of carbonyl (C=O) groups is 1. The average Bonchev–Trinajstić information content (AvgIpc) is 2.24. The summed E-state index contributed by atoms with van der Waals surface area (Å²) in [4.78, 5) is 11.1. The van der Waals surface area contributed by atoms with Gasteiger partial charge in [0.2, 0.25) is 5.91 Å².